The van der Waals surface area contributed by atoms with Crippen molar-refractivity contribution in [3.05, 3.63) is 11.6 Å². The fourth-order valence-corrected chi connectivity index (χ4v) is 1.79. The Balaban J connectivity index is 2.09. The molecule has 0 aromatic carbocycles. The van der Waals surface area contributed by atoms with Crippen molar-refractivity contribution in [1.29, 1.82) is 0 Å². The maximum atomic E-state index is 10.9. The third kappa shape index (κ3) is 1.23. The lowest BCUT2D eigenvalue weighted by molar-refractivity contribution is -0.114. The average Bonchev–Trinajstić information content (AvgIpc) is 2.46. The van der Waals surface area contributed by atoms with E-state index in [9.17, 15) is 4.79 Å². The molecule has 0 aromatic heterocycles. The first kappa shape index (κ1) is 7.76. The number of amides is 1. The highest BCUT2D eigenvalue weighted by molar-refractivity contribution is 5.93. The highest BCUT2D eigenvalue weighted by Gasteiger charge is 2.28. The molecule has 0 radical (unpaired) electrons. The van der Waals surface area contributed by atoms with Crippen molar-refractivity contribution in [1.82, 2.24) is 10.2 Å². The van der Waals surface area contributed by atoms with Gasteiger partial charge < -0.3 is 11.1 Å². The Morgan fingerprint density at radius 1 is 1.75 bits per heavy atom. The molecule has 4 heteroatoms. The minimum atomic E-state index is -0.274. The number of piperazine rings is 1. The summed E-state index contributed by atoms with van der Waals surface area (Å²) in [5.74, 6) is -0.274. The van der Waals surface area contributed by atoms with E-state index in [4.69, 9.17) is 5.73 Å². The fourth-order valence-electron chi connectivity index (χ4n) is 1.79. The lowest BCUT2D eigenvalue weighted by Crippen LogP contribution is -2.48. The number of nitrogens with one attached hydrogen (secondary N) is 1. The number of carbonyl (C=O) groups is 1. The van der Waals surface area contributed by atoms with E-state index >= 15 is 0 Å². The maximum absolute atomic E-state index is 10.9. The Labute approximate surface area is 71.4 Å². The van der Waals surface area contributed by atoms with Crippen LogP contribution in [0.3, 0.4) is 0 Å². The summed E-state index contributed by atoms with van der Waals surface area (Å²) in [5, 5.41) is 3.28. The highest BCUT2D eigenvalue weighted by Crippen LogP contribution is 2.16. The quantitative estimate of drug-likeness (QED) is 0.509. The molecule has 2 rings (SSSR count). The van der Waals surface area contributed by atoms with Gasteiger partial charge in [-0.1, -0.05) is 6.08 Å². The van der Waals surface area contributed by atoms with Crippen LogP contribution in [0, 0.1) is 0 Å². The summed E-state index contributed by atoms with van der Waals surface area (Å²) in [5.41, 5.74) is 5.97. The van der Waals surface area contributed by atoms with Gasteiger partial charge in [0, 0.05) is 37.8 Å². The smallest absolute Gasteiger partial charge is 0.245 e. The number of hydrogen-bond donors (Lipinski definition) is 2. The number of carbonyl (C=O) groups excluding carboxylic acids is 1. The predicted molar refractivity (Wildman–Crippen MR) is 45.5 cm³/mol. The van der Waals surface area contributed by atoms with Crippen molar-refractivity contribution in [2.45, 2.75) is 6.04 Å². The zero-order chi connectivity index (χ0) is 8.55. The van der Waals surface area contributed by atoms with Gasteiger partial charge in [-0.3, -0.25) is 9.69 Å². The largest absolute Gasteiger partial charge is 0.366 e. The second kappa shape index (κ2) is 2.88. The first-order valence-electron chi connectivity index (χ1n) is 4.22. The lowest BCUT2D eigenvalue weighted by Gasteiger charge is -2.29. The highest BCUT2D eigenvalue weighted by atomic mass is 16.1. The Hall–Kier alpha value is -0.870. The number of primary amides is 1. The summed E-state index contributed by atoms with van der Waals surface area (Å²) >= 11 is 0. The fraction of sp³-hybridized carbons (Fsp3) is 0.625. The van der Waals surface area contributed by atoms with E-state index < -0.39 is 0 Å². The van der Waals surface area contributed by atoms with E-state index in [0.29, 0.717) is 6.04 Å². The van der Waals surface area contributed by atoms with Crippen LogP contribution < -0.4 is 11.1 Å². The summed E-state index contributed by atoms with van der Waals surface area (Å²) in [6.07, 6.45) is 1.98. The summed E-state index contributed by atoms with van der Waals surface area (Å²) in [6.45, 7) is 3.70. The molecule has 1 fully saturated rings. The normalized spacial score (nSPS) is 29.7. The van der Waals surface area contributed by atoms with Crippen LogP contribution in [0.1, 0.15) is 0 Å². The van der Waals surface area contributed by atoms with E-state index in [0.717, 1.165) is 31.8 Å². The van der Waals surface area contributed by atoms with Crippen molar-refractivity contribution < 1.29 is 4.79 Å². The van der Waals surface area contributed by atoms with Crippen molar-refractivity contribution in [2.75, 3.05) is 26.2 Å². The van der Waals surface area contributed by atoms with E-state index in [1.165, 1.54) is 0 Å². The first-order valence-corrected chi connectivity index (χ1v) is 4.22. The van der Waals surface area contributed by atoms with Gasteiger partial charge in [0.05, 0.1) is 0 Å². The van der Waals surface area contributed by atoms with Crippen LogP contribution in [0.25, 0.3) is 0 Å². The van der Waals surface area contributed by atoms with Crippen molar-refractivity contribution in [2.24, 2.45) is 5.73 Å². The number of nitrogens with zero attached hydrogens (tertiary/aromatic N) is 1. The predicted octanol–water partition coefficient (Wildman–Crippen LogP) is -1.31. The molecule has 1 unspecified atom stereocenters. The molecule has 2 aliphatic heterocycles. The molecule has 2 aliphatic rings. The summed E-state index contributed by atoms with van der Waals surface area (Å²) in [4.78, 5) is 13.1. The van der Waals surface area contributed by atoms with E-state index in [1.807, 2.05) is 6.08 Å². The molecular weight excluding hydrogens is 154 g/mol. The molecular formula is C8H13N3O. The molecule has 0 spiro atoms. The monoisotopic (exact) mass is 167 g/mol. The van der Waals surface area contributed by atoms with Gasteiger partial charge in [-0.15, -0.1) is 0 Å². The van der Waals surface area contributed by atoms with Gasteiger partial charge in [0.2, 0.25) is 5.91 Å². The molecule has 3 N–H and O–H groups in total. The lowest BCUT2D eigenvalue weighted by atomic mass is 10.2. The molecule has 0 aliphatic carbocycles. The van der Waals surface area contributed by atoms with Crippen LogP contribution in [-0.4, -0.2) is 43.0 Å². The van der Waals surface area contributed by atoms with E-state index in [1.54, 1.807) is 0 Å². The number of fused-ring (bicyclic) bond motifs is 1. The Morgan fingerprint density at radius 2 is 2.58 bits per heavy atom. The van der Waals surface area contributed by atoms with E-state index in [2.05, 4.69) is 10.2 Å². The van der Waals surface area contributed by atoms with Crippen LogP contribution in [-0.2, 0) is 4.79 Å². The molecule has 0 bridgehead atoms. The molecule has 4 nitrogen and oxygen atoms in total. The molecule has 0 aromatic rings. The van der Waals surface area contributed by atoms with Crippen molar-refractivity contribution in [3.8, 4) is 0 Å². The second-order valence-electron chi connectivity index (χ2n) is 3.30. The van der Waals surface area contributed by atoms with Gasteiger partial charge in [-0.25, -0.2) is 0 Å². The van der Waals surface area contributed by atoms with Gasteiger partial charge >= 0.3 is 0 Å². The second-order valence-corrected chi connectivity index (χ2v) is 3.30. The van der Waals surface area contributed by atoms with Crippen LogP contribution in [0.2, 0.25) is 0 Å². The number of hydrogen-bond acceptors (Lipinski definition) is 3. The van der Waals surface area contributed by atoms with Gasteiger partial charge in [0.1, 0.15) is 0 Å². The summed E-state index contributed by atoms with van der Waals surface area (Å²) in [7, 11) is 0. The molecule has 1 amide bonds. The van der Waals surface area contributed by atoms with Crippen molar-refractivity contribution in [3.63, 3.8) is 0 Å². The van der Waals surface area contributed by atoms with Gasteiger partial charge in [0.25, 0.3) is 0 Å². The molecule has 1 saturated heterocycles. The van der Waals surface area contributed by atoms with Crippen molar-refractivity contribution >= 4 is 5.91 Å². The zero-order valence-electron chi connectivity index (χ0n) is 6.92. The topological polar surface area (TPSA) is 58.4 Å². The van der Waals surface area contributed by atoms with Crippen LogP contribution in [0.15, 0.2) is 11.6 Å². The number of nitrogens with two attached hydrogens (primary N) is 1. The molecule has 0 saturated carbocycles. The zero-order valence-corrected chi connectivity index (χ0v) is 6.92. The first-order chi connectivity index (χ1) is 5.77. The Morgan fingerprint density at radius 3 is 3.25 bits per heavy atom. The third-order valence-electron chi connectivity index (χ3n) is 2.48. The van der Waals surface area contributed by atoms with Gasteiger partial charge in [0.15, 0.2) is 0 Å². The molecule has 1 atom stereocenters. The minimum absolute atomic E-state index is 0.274. The average molecular weight is 167 g/mol. The van der Waals surface area contributed by atoms with Crippen LogP contribution in [0.5, 0.6) is 0 Å². The van der Waals surface area contributed by atoms with Crippen LogP contribution in [0.4, 0.5) is 0 Å². The van der Waals surface area contributed by atoms with Gasteiger partial charge in [-0.05, 0) is 0 Å². The minimum Gasteiger partial charge on any atom is -0.366 e. The summed E-state index contributed by atoms with van der Waals surface area (Å²) in [6, 6.07) is 0.390. The van der Waals surface area contributed by atoms with Crippen LogP contribution >= 0.6 is 0 Å². The standard InChI is InChI=1S/C8H13N3O/c9-8(12)6-3-7-4-10-1-2-11(7)5-6/h3,7,10H,1-2,4-5H2,(H2,9,12). The number of rotatable bonds is 1. The molecule has 66 valence electrons. The molecule has 12 heavy (non-hydrogen) atoms. The summed E-state index contributed by atoms with van der Waals surface area (Å²) < 4.78 is 0. The van der Waals surface area contributed by atoms with Gasteiger partial charge in [-0.2, -0.15) is 0 Å². The Kier molecular flexibility index (Phi) is 1.86. The SMILES string of the molecule is NC(=O)C1=CC2CNCCN2C1. The maximum Gasteiger partial charge on any atom is 0.245 e. The Bertz CT molecular complexity index is 236. The van der Waals surface area contributed by atoms with E-state index in [-0.39, 0.29) is 5.91 Å². The third-order valence-corrected chi connectivity index (χ3v) is 2.48. The molecule has 2 heterocycles.